The minimum Gasteiger partial charge on any atom is -0.400 e. The van der Waals surface area contributed by atoms with Crippen molar-refractivity contribution in [2.24, 2.45) is 0 Å². The molecule has 3 nitrogen and oxygen atoms in total. The van der Waals surface area contributed by atoms with E-state index < -0.39 is 0 Å². The van der Waals surface area contributed by atoms with Crippen LogP contribution in [0.5, 0.6) is 0 Å². The summed E-state index contributed by atoms with van der Waals surface area (Å²) in [5.41, 5.74) is 3.65. The molecule has 150 valence electrons. The number of nitrogens with one attached hydrogen (secondary N) is 1. The van der Waals surface area contributed by atoms with Crippen molar-refractivity contribution in [2.45, 2.75) is 47.0 Å². The zero-order valence-electron chi connectivity index (χ0n) is 17.7. The van der Waals surface area contributed by atoms with E-state index in [1.54, 1.807) is 18.2 Å². The smallest absolute Gasteiger partial charge is 0.244 e. The van der Waals surface area contributed by atoms with Gasteiger partial charge in [-0.2, -0.15) is 0 Å². The molecule has 3 heteroatoms. The van der Waals surface area contributed by atoms with Crippen molar-refractivity contribution < 1.29 is 9.90 Å². The van der Waals surface area contributed by atoms with Crippen molar-refractivity contribution in [3.63, 3.8) is 0 Å². The van der Waals surface area contributed by atoms with Crippen LogP contribution in [0.3, 0.4) is 0 Å². The van der Waals surface area contributed by atoms with Crippen LogP contribution in [0.1, 0.15) is 47.0 Å². The molecule has 0 heterocycles. The Bertz CT molecular complexity index is 584. The highest BCUT2D eigenvalue weighted by Gasteiger charge is 1.99. The Morgan fingerprint density at radius 1 is 1.22 bits per heavy atom. The van der Waals surface area contributed by atoms with E-state index in [1.807, 2.05) is 25.2 Å². The Balaban J connectivity index is 0. The molecule has 1 aliphatic carbocycles. The number of aliphatic hydroxyl groups excluding tert-OH is 1. The van der Waals surface area contributed by atoms with Gasteiger partial charge in [-0.15, -0.1) is 0 Å². The summed E-state index contributed by atoms with van der Waals surface area (Å²) in [6.45, 7) is 12.6. The van der Waals surface area contributed by atoms with Gasteiger partial charge in [0.15, 0.2) is 0 Å². The van der Waals surface area contributed by atoms with Crippen molar-refractivity contribution in [2.75, 3.05) is 13.7 Å². The van der Waals surface area contributed by atoms with E-state index in [1.165, 1.54) is 11.1 Å². The Morgan fingerprint density at radius 3 is 2.37 bits per heavy atom. The molecule has 0 atom stereocenters. The van der Waals surface area contributed by atoms with Crippen LogP contribution in [0.2, 0.25) is 0 Å². The van der Waals surface area contributed by atoms with Crippen LogP contribution in [0, 0.1) is 0 Å². The van der Waals surface area contributed by atoms with Gasteiger partial charge in [0, 0.05) is 19.7 Å². The maximum absolute atomic E-state index is 11.5. The summed E-state index contributed by atoms with van der Waals surface area (Å²) in [6.07, 6.45) is 22.6. The van der Waals surface area contributed by atoms with Crippen LogP contribution in [-0.2, 0) is 4.79 Å². The first-order valence-electron chi connectivity index (χ1n) is 9.37. The van der Waals surface area contributed by atoms with Crippen LogP contribution < -0.4 is 5.32 Å². The number of carbonyl (C=O) groups is 1. The molecule has 1 aliphatic rings. The van der Waals surface area contributed by atoms with E-state index in [0.29, 0.717) is 6.54 Å². The molecule has 0 unspecified atom stereocenters. The molecule has 0 aromatic rings. The zero-order valence-corrected chi connectivity index (χ0v) is 17.7. The Labute approximate surface area is 166 Å². The molecular formula is C24H37NO2. The van der Waals surface area contributed by atoms with Crippen molar-refractivity contribution in [3.05, 3.63) is 84.1 Å². The summed E-state index contributed by atoms with van der Waals surface area (Å²) >= 11 is 0. The lowest BCUT2D eigenvalue weighted by atomic mass is 10.1. The first-order chi connectivity index (χ1) is 13.0. The molecule has 0 aromatic carbocycles. The minimum absolute atomic E-state index is 0.0642. The van der Waals surface area contributed by atoms with Crippen molar-refractivity contribution in [1.29, 1.82) is 0 Å². The molecule has 0 bridgehead atoms. The van der Waals surface area contributed by atoms with Crippen molar-refractivity contribution in [1.82, 2.24) is 5.32 Å². The highest BCUT2D eigenvalue weighted by atomic mass is 16.2. The fraction of sp³-hybridized carbons (Fsp3) is 0.375. The number of carbonyl (C=O) groups excluding carboxylic acids is 1. The van der Waals surface area contributed by atoms with E-state index in [2.05, 4.69) is 57.0 Å². The molecule has 1 rings (SSSR count). The number of hydrogen-bond donors (Lipinski definition) is 2. The highest BCUT2D eigenvalue weighted by molar-refractivity contribution is 5.88. The van der Waals surface area contributed by atoms with Gasteiger partial charge in [-0.3, -0.25) is 4.79 Å². The first-order valence-corrected chi connectivity index (χ1v) is 9.37. The first kappa shape index (κ1) is 26.8. The normalized spacial score (nSPS) is 13.1. The molecule has 0 aliphatic heterocycles. The molecule has 0 saturated carbocycles. The fourth-order valence-corrected chi connectivity index (χ4v) is 1.92. The molecule has 0 radical (unpaired) electrons. The molecule has 27 heavy (non-hydrogen) atoms. The van der Waals surface area contributed by atoms with Gasteiger partial charge in [-0.1, -0.05) is 73.8 Å². The van der Waals surface area contributed by atoms with Crippen LogP contribution in [-0.4, -0.2) is 24.7 Å². The Kier molecular flexibility index (Phi) is 19.8. The molecule has 1 amide bonds. The van der Waals surface area contributed by atoms with Gasteiger partial charge in [0.25, 0.3) is 0 Å². The van der Waals surface area contributed by atoms with E-state index >= 15 is 0 Å². The van der Waals surface area contributed by atoms with Gasteiger partial charge < -0.3 is 10.4 Å². The lowest BCUT2D eigenvalue weighted by molar-refractivity contribution is -0.116. The van der Waals surface area contributed by atoms with Gasteiger partial charge in [0.05, 0.1) is 0 Å². The molecule has 0 fully saturated rings. The summed E-state index contributed by atoms with van der Waals surface area (Å²) in [5.74, 6) is -0.0642. The summed E-state index contributed by atoms with van der Waals surface area (Å²) in [5, 5.41) is 9.86. The van der Waals surface area contributed by atoms with Gasteiger partial charge in [-0.25, -0.2) is 0 Å². The second kappa shape index (κ2) is 19.9. The number of hydrogen-bond acceptors (Lipinski definition) is 2. The van der Waals surface area contributed by atoms with Crippen LogP contribution in [0.4, 0.5) is 0 Å². The molecule has 2 N–H and O–H groups in total. The second-order valence-corrected chi connectivity index (χ2v) is 5.90. The summed E-state index contributed by atoms with van der Waals surface area (Å²) in [6, 6.07) is 0. The Morgan fingerprint density at radius 2 is 1.93 bits per heavy atom. The van der Waals surface area contributed by atoms with Gasteiger partial charge in [-0.05, 0) is 51.2 Å². The lowest BCUT2D eigenvalue weighted by Gasteiger charge is -2.06. The highest BCUT2D eigenvalue weighted by Crippen LogP contribution is 2.08. The standard InChI is InChI=1S/C16H21NO.C7H12.CH4O/c1-3-14(4-2)11-8-12-16(18)17-13-15-9-6-5-7-10-15;1-4-5-6-7(2)3;1-2/h3,6,8-12H,1,4-5,7,13H2,2H3,(H,17,18);4-6H,1-3H3;2H,1H3/b12-8+,14-11+;5-4-;. The van der Waals surface area contributed by atoms with E-state index in [4.69, 9.17) is 5.11 Å². The largest absolute Gasteiger partial charge is 0.400 e. The van der Waals surface area contributed by atoms with Gasteiger partial charge in [0.1, 0.15) is 0 Å². The SMILES string of the molecule is C/C=C\C=C(C)C.C=C/C(=C\C=C\C(=O)NCC1=CCCC=C1)CC.CO. The molecule has 0 saturated heterocycles. The summed E-state index contributed by atoms with van der Waals surface area (Å²) in [7, 11) is 1.00. The number of allylic oxidation sites excluding steroid dienone is 10. The third-order valence-electron chi connectivity index (χ3n) is 3.39. The number of amides is 1. The monoisotopic (exact) mass is 371 g/mol. The predicted octanol–water partition coefficient (Wildman–Crippen LogP) is 5.59. The molecule has 0 spiro atoms. The minimum atomic E-state index is -0.0642. The molecular weight excluding hydrogens is 334 g/mol. The molecule has 0 aromatic heterocycles. The maximum Gasteiger partial charge on any atom is 0.244 e. The average Bonchev–Trinajstić information content (AvgIpc) is 2.71. The summed E-state index contributed by atoms with van der Waals surface area (Å²) in [4.78, 5) is 11.5. The third kappa shape index (κ3) is 18.2. The third-order valence-corrected chi connectivity index (χ3v) is 3.39. The number of aliphatic hydroxyl groups is 1. The van der Waals surface area contributed by atoms with Crippen LogP contribution >= 0.6 is 0 Å². The number of rotatable bonds is 7. The average molecular weight is 372 g/mol. The van der Waals surface area contributed by atoms with Crippen molar-refractivity contribution >= 4 is 5.91 Å². The van der Waals surface area contributed by atoms with Crippen LogP contribution in [0.25, 0.3) is 0 Å². The Hall–Kier alpha value is -2.39. The quantitative estimate of drug-likeness (QED) is 0.452. The van der Waals surface area contributed by atoms with E-state index in [-0.39, 0.29) is 5.91 Å². The van der Waals surface area contributed by atoms with E-state index in [9.17, 15) is 4.79 Å². The topological polar surface area (TPSA) is 49.3 Å². The predicted molar refractivity (Wildman–Crippen MR) is 120 cm³/mol. The van der Waals surface area contributed by atoms with Crippen molar-refractivity contribution in [3.8, 4) is 0 Å². The van der Waals surface area contributed by atoms with Gasteiger partial charge >= 0.3 is 0 Å². The van der Waals surface area contributed by atoms with Crippen LogP contribution in [0.15, 0.2) is 84.1 Å². The van der Waals surface area contributed by atoms with E-state index in [0.717, 1.165) is 31.9 Å². The summed E-state index contributed by atoms with van der Waals surface area (Å²) < 4.78 is 0. The zero-order chi connectivity index (χ0) is 20.9. The lowest BCUT2D eigenvalue weighted by Crippen LogP contribution is -2.23. The second-order valence-electron chi connectivity index (χ2n) is 5.90. The van der Waals surface area contributed by atoms with Gasteiger partial charge in [0.2, 0.25) is 5.91 Å². The maximum atomic E-state index is 11.5. The fourth-order valence-electron chi connectivity index (χ4n) is 1.92.